The molecule has 2 aliphatic carbocycles. The van der Waals surface area contributed by atoms with Crippen LogP contribution in [-0.4, -0.2) is 23.1 Å². The molecule has 2 aliphatic rings. The highest BCUT2D eigenvalue weighted by atomic mass is 16.5. The zero-order valence-corrected chi connectivity index (χ0v) is 19.4. The first-order valence-electron chi connectivity index (χ1n) is 11.4. The van der Waals surface area contributed by atoms with Crippen molar-refractivity contribution in [1.29, 1.82) is 0 Å². The lowest BCUT2D eigenvalue weighted by Gasteiger charge is -2.57. The fourth-order valence-corrected chi connectivity index (χ4v) is 6.05. The molecule has 1 fully saturated rings. The largest absolute Gasteiger partial charge is 0.481 e. The van der Waals surface area contributed by atoms with Crippen LogP contribution < -0.4 is 0 Å². The van der Waals surface area contributed by atoms with E-state index in [1.54, 1.807) is 12.5 Å². The lowest BCUT2D eigenvalue weighted by atomic mass is 9.47. The number of allylic oxidation sites excluding steroid dienone is 3. The smallest absolute Gasteiger partial charge is 0.330 e. The third-order valence-electron chi connectivity index (χ3n) is 7.90. The minimum absolute atomic E-state index is 0.00146. The van der Waals surface area contributed by atoms with Gasteiger partial charge in [-0.15, -0.1) is 0 Å². The number of hydrogen-bond acceptors (Lipinski definition) is 4. The Bertz CT molecular complexity index is 864. The van der Waals surface area contributed by atoms with Gasteiger partial charge in [-0.05, 0) is 81.8 Å². The Labute approximate surface area is 185 Å². The van der Waals surface area contributed by atoms with Crippen LogP contribution in [0.25, 0.3) is 0 Å². The van der Waals surface area contributed by atoms with Crippen molar-refractivity contribution >= 4 is 11.9 Å². The molecule has 1 heterocycles. The topological polar surface area (TPSA) is 76.7 Å². The van der Waals surface area contributed by atoms with Crippen LogP contribution in [-0.2, 0) is 20.7 Å². The third-order valence-corrected chi connectivity index (χ3v) is 7.90. The number of aryl methyl sites for hydroxylation is 1. The number of fused-ring (bicyclic) bond motifs is 1. The lowest BCUT2D eigenvalue weighted by molar-refractivity contribution is -0.179. The number of rotatable bonds is 7. The summed E-state index contributed by atoms with van der Waals surface area (Å²) in [5.41, 5.74) is 2.22. The van der Waals surface area contributed by atoms with Crippen LogP contribution in [0.4, 0.5) is 0 Å². The van der Waals surface area contributed by atoms with Crippen molar-refractivity contribution < 1.29 is 23.8 Å². The van der Waals surface area contributed by atoms with Crippen LogP contribution >= 0.6 is 0 Å². The Kier molecular flexibility index (Phi) is 6.82. The van der Waals surface area contributed by atoms with Gasteiger partial charge < -0.3 is 14.3 Å². The highest BCUT2D eigenvalue weighted by Crippen LogP contribution is 2.61. The van der Waals surface area contributed by atoms with Crippen LogP contribution in [0, 0.1) is 22.7 Å². The SMILES string of the molecule is CCC(C)=CC(=O)O[C@@H]1C[C@@]2(C)[C@@H](CC=C(C)[C@@H]2CCc2ccoc2)[C@](C)(C(=O)O)C1. The van der Waals surface area contributed by atoms with Gasteiger partial charge in [0.15, 0.2) is 0 Å². The van der Waals surface area contributed by atoms with Crippen LogP contribution in [0.1, 0.15) is 72.3 Å². The number of ether oxygens (including phenoxy) is 1. The third kappa shape index (κ3) is 4.65. The van der Waals surface area contributed by atoms with E-state index in [1.165, 1.54) is 11.6 Å². The van der Waals surface area contributed by atoms with Crippen molar-refractivity contribution in [2.45, 2.75) is 79.2 Å². The number of carboxylic acids is 1. The first-order chi connectivity index (χ1) is 14.6. The number of carboxylic acid groups (broad SMARTS) is 1. The molecular weight excluding hydrogens is 392 g/mol. The quantitative estimate of drug-likeness (QED) is 0.330. The fourth-order valence-electron chi connectivity index (χ4n) is 6.05. The molecule has 0 amide bonds. The first-order valence-corrected chi connectivity index (χ1v) is 11.4. The zero-order valence-electron chi connectivity index (χ0n) is 19.4. The van der Waals surface area contributed by atoms with E-state index in [9.17, 15) is 14.7 Å². The number of furan rings is 1. The summed E-state index contributed by atoms with van der Waals surface area (Å²) in [7, 11) is 0. The number of aliphatic carboxylic acids is 1. The Morgan fingerprint density at radius 3 is 2.68 bits per heavy atom. The summed E-state index contributed by atoms with van der Waals surface area (Å²) in [5.74, 6) is -0.934. The summed E-state index contributed by atoms with van der Waals surface area (Å²) in [6, 6.07) is 1.98. The Hall–Kier alpha value is -2.30. The van der Waals surface area contributed by atoms with Gasteiger partial charge in [0.05, 0.1) is 17.9 Å². The molecule has 5 atom stereocenters. The molecule has 5 nitrogen and oxygen atoms in total. The van der Waals surface area contributed by atoms with E-state index < -0.39 is 17.5 Å². The summed E-state index contributed by atoms with van der Waals surface area (Å²) in [4.78, 5) is 25.0. The van der Waals surface area contributed by atoms with Crippen molar-refractivity contribution in [2.75, 3.05) is 0 Å². The lowest BCUT2D eigenvalue weighted by Crippen LogP contribution is -2.56. The second-order valence-electron chi connectivity index (χ2n) is 10.00. The molecule has 0 unspecified atom stereocenters. The van der Waals surface area contributed by atoms with Crippen molar-refractivity contribution in [3.63, 3.8) is 0 Å². The second-order valence-corrected chi connectivity index (χ2v) is 10.00. The molecule has 0 aromatic carbocycles. The number of esters is 1. The Morgan fingerprint density at radius 1 is 1.32 bits per heavy atom. The number of carbonyl (C=O) groups is 2. The Balaban J connectivity index is 1.91. The molecule has 0 bridgehead atoms. The normalized spacial score (nSPS) is 33.4. The highest BCUT2D eigenvalue weighted by molar-refractivity contribution is 5.83. The summed E-state index contributed by atoms with van der Waals surface area (Å²) < 4.78 is 11.1. The van der Waals surface area contributed by atoms with Crippen LogP contribution in [0.2, 0.25) is 0 Å². The Morgan fingerprint density at radius 2 is 2.06 bits per heavy atom. The van der Waals surface area contributed by atoms with Gasteiger partial charge >= 0.3 is 11.9 Å². The minimum Gasteiger partial charge on any atom is -0.481 e. The molecular formula is C26H36O5. The van der Waals surface area contributed by atoms with Crippen LogP contribution in [0.15, 0.2) is 46.3 Å². The van der Waals surface area contributed by atoms with Crippen LogP contribution in [0.3, 0.4) is 0 Å². The average Bonchev–Trinajstić information content (AvgIpc) is 3.20. The zero-order chi connectivity index (χ0) is 22.8. The maximum absolute atomic E-state index is 12.5. The summed E-state index contributed by atoms with van der Waals surface area (Å²) in [5, 5.41) is 10.2. The average molecular weight is 429 g/mol. The molecule has 170 valence electrons. The van der Waals surface area contributed by atoms with E-state index in [2.05, 4.69) is 19.9 Å². The van der Waals surface area contributed by atoms with Crippen molar-refractivity contribution in [1.82, 2.24) is 0 Å². The highest BCUT2D eigenvalue weighted by Gasteiger charge is 2.59. The van der Waals surface area contributed by atoms with Gasteiger partial charge in [-0.3, -0.25) is 4.79 Å². The first kappa shape index (κ1) is 23.4. The van der Waals surface area contributed by atoms with E-state index in [-0.39, 0.29) is 23.2 Å². The summed E-state index contributed by atoms with van der Waals surface area (Å²) in [6.07, 6.45) is 11.2. The second kappa shape index (κ2) is 9.05. The molecule has 0 spiro atoms. The van der Waals surface area contributed by atoms with Gasteiger partial charge in [0.25, 0.3) is 0 Å². The predicted molar refractivity (Wildman–Crippen MR) is 119 cm³/mol. The van der Waals surface area contributed by atoms with E-state index >= 15 is 0 Å². The molecule has 1 saturated carbocycles. The van der Waals surface area contributed by atoms with Gasteiger partial charge in [-0.25, -0.2) is 4.79 Å². The molecule has 1 aromatic rings. The van der Waals surface area contributed by atoms with Gasteiger partial charge in [0.2, 0.25) is 0 Å². The molecule has 3 rings (SSSR count). The predicted octanol–water partition coefficient (Wildman–Crippen LogP) is 5.95. The number of carbonyl (C=O) groups excluding carboxylic acids is 1. The summed E-state index contributed by atoms with van der Waals surface area (Å²) in [6.45, 7) is 10.1. The van der Waals surface area contributed by atoms with Crippen molar-refractivity contribution in [3.8, 4) is 0 Å². The van der Waals surface area contributed by atoms with E-state index in [0.29, 0.717) is 12.8 Å². The van der Waals surface area contributed by atoms with Gasteiger partial charge in [0.1, 0.15) is 6.10 Å². The molecule has 0 aliphatic heterocycles. The molecule has 1 N–H and O–H groups in total. The monoisotopic (exact) mass is 428 g/mol. The van der Waals surface area contributed by atoms with Gasteiger partial charge in [-0.2, -0.15) is 0 Å². The molecule has 5 heteroatoms. The van der Waals surface area contributed by atoms with E-state index in [1.807, 2.05) is 26.8 Å². The van der Waals surface area contributed by atoms with E-state index in [4.69, 9.17) is 9.15 Å². The van der Waals surface area contributed by atoms with E-state index in [0.717, 1.165) is 36.8 Å². The minimum atomic E-state index is -0.938. The molecule has 0 radical (unpaired) electrons. The maximum atomic E-state index is 12.5. The van der Waals surface area contributed by atoms with Crippen LogP contribution in [0.5, 0.6) is 0 Å². The van der Waals surface area contributed by atoms with Gasteiger partial charge in [-0.1, -0.05) is 31.1 Å². The number of hydrogen-bond donors (Lipinski definition) is 1. The van der Waals surface area contributed by atoms with Crippen molar-refractivity contribution in [2.24, 2.45) is 22.7 Å². The van der Waals surface area contributed by atoms with Crippen molar-refractivity contribution in [3.05, 3.63) is 47.5 Å². The fraction of sp³-hybridized carbons (Fsp3) is 0.615. The summed E-state index contributed by atoms with van der Waals surface area (Å²) >= 11 is 0. The standard InChI is InChI=1S/C26H36O5/c1-6-17(2)13-23(27)31-20-14-25(4)21(9-8-19-11-12-30-16-19)18(3)7-10-22(25)26(5,15-20)24(28)29/h7,11-13,16,20-22H,6,8-10,14-15H2,1-5H3,(H,28,29)/t20-,21+,22-,25-,26-/m1/s1. The molecule has 31 heavy (non-hydrogen) atoms. The maximum Gasteiger partial charge on any atom is 0.330 e. The molecule has 1 aromatic heterocycles. The van der Waals surface area contributed by atoms with Gasteiger partial charge in [0, 0.05) is 12.5 Å². The molecule has 0 saturated heterocycles.